The van der Waals surface area contributed by atoms with Crippen LogP contribution in [0.1, 0.15) is 27.6 Å². The summed E-state index contributed by atoms with van der Waals surface area (Å²) >= 11 is 0. The highest BCUT2D eigenvalue weighted by molar-refractivity contribution is 6.39. The maximum Gasteiger partial charge on any atom is 0.196 e. The van der Waals surface area contributed by atoms with Gasteiger partial charge in [0.05, 0.1) is 11.5 Å². The minimum absolute atomic E-state index is 0.0456. The average molecular weight is 265 g/mol. The summed E-state index contributed by atoms with van der Waals surface area (Å²) in [7, 11) is 0. The first-order valence-electron chi connectivity index (χ1n) is 6.53. The maximum atomic E-state index is 12.7. The quantitative estimate of drug-likeness (QED) is 0.723. The van der Waals surface area contributed by atoms with Gasteiger partial charge in [-0.25, -0.2) is 0 Å². The topological polar surface area (TPSA) is 55.7 Å². The third-order valence-corrected chi connectivity index (χ3v) is 4.02. The van der Waals surface area contributed by atoms with Gasteiger partial charge in [0.1, 0.15) is 11.8 Å². The molecule has 20 heavy (non-hydrogen) atoms. The van der Waals surface area contributed by atoms with E-state index in [9.17, 15) is 9.59 Å². The van der Waals surface area contributed by atoms with E-state index in [-0.39, 0.29) is 23.6 Å². The highest BCUT2D eigenvalue weighted by atomic mass is 16.6. The molecule has 2 atom stereocenters. The van der Waals surface area contributed by atoms with Crippen LogP contribution in [0.4, 0.5) is 0 Å². The van der Waals surface area contributed by atoms with Crippen LogP contribution in [0.15, 0.2) is 52.7 Å². The summed E-state index contributed by atoms with van der Waals surface area (Å²) in [6.07, 6.45) is 3.53. The van der Waals surface area contributed by atoms with E-state index >= 15 is 0 Å². The highest BCUT2D eigenvalue weighted by Gasteiger charge is 2.42. The molecular weight excluding hydrogens is 254 g/mol. The van der Waals surface area contributed by atoms with E-state index in [1.54, 1.807) is 30.3 Å². The molecule has 0 radical (unpaired) electrons. The number of ketones is 2. The highest BCUT2D eigenvalue weighted by Crippen LogP contribution is 2.36. The van der Waals surface area contributed by atoms with E-state index in [1.807, 2.05) is 13.0 Å². The normalized spacial score (nSPS) is 26.8. The largest absolute Gasteiger partial charge is 0.391 e. The van der Waals surface area contributed by atoms with Crippen molar-refractivity contribution in [1.82, 2.24) is 0 Å². The minimum atomic E-state index is -0.138. The van der Waals surface area contributed by atoms with Crippen molar-refractivity contribution >= 4 is 17.3 Å². The number of carbonyl (C=O) groups excluding carboxylic acids is 2. The fraction of sp³-hybridized carbons (Fsp3) is 0.188. The van der Waals surface area contributed by atoms with Crippen LogP contribution >= 0.6 is 0 Å². The van der Waals surface area contributed by atoms with Gasteiger partial charge in [0.2, 0.25) is 0 Å². The zero-order chi connectivity index (χ0) is 13.9. The van der Waals surface area contributed by atoms with Gasteiger partial charge in [0.15, 0.2) is 11.6 Å². The third kappa shape index (κ3) is 1.28. The molecule has 0 saturated carbocycles. The molecule has 0 fully saturated rings. The third-order valence-electron chi connectivity index (χ3n) is 4.02. The van der Waals surface area contributed by atoms with Crippen molar-refractivity contribution in [2.75, 3.05) is 0 Å². The molecule has 3 aliphatic rings. The lowest BCUT2D eigenvalue weighted by molar-refractivity contribution is 0.0852. The summed E-state index contributed by atoms with van der Waals surface area (Å²) in [5.74, 6) is -0.302. The molecule has 4 heteroatoms. The van der Waals surface area contributed by atoms with Crippen LogP contribution in [0.25, 0.3) is 0 Å². The van der Waals surface area contributed by atoms with Gasteiger partial charge in [-0.15, -0.1) is 0 Å². The number of carbonyl (C=O) groups is 2. The van der Waals surface area contributed by atoms with E-state index in [2.05, 4.69) is 5.16 Å². The summed E-state index contributed by atoms with van der Waals surface area (Å²) in [5, 5.41) is 4.02. The Labute approximate surface area is 115 Å². The number of hydrogen-bond donors (Lipinski definition) is 0. The van der Waals surface area contributed by atoms with Crippen molar-refractivity contribution in [1.29, 1.82) is 0 Å². The lowest BCUT2D eigenvalue weighted by atomic mass is 9.75. The fourth-order valence-corrected chi connectivity index (χ4v) is 2.96. The Kier molecular flexibility index (Phi) is 2.13. The van der Waals surface area contributed by atoms with Gasteiger partial charge in [0, 0.05) is 16.7 Å². The van der Waals surface area contributed by atoms with E-state index in [4.69, 9.17) is 4.84 Å². The van der Waals surface area contributed by atoms with Crippen LogP contribution in [-0.4, -0.2) is 23.4 Å². The Morgan fingerprint density at radius 3 is 2.55 bits per heavy atom. The minimum Gasteiger partial charge on any atom is -0.391 e. The molecule has 98 valence electrons. The average Bonchev–Trinajstić information content (AvgIpc) is 2.86. The Bertz CT molecular complexity index is 755. The van der Waals surface area contributed by atoms with E-state index in [0.29, 0.717) is 28.0 Å². The Balaban J connectivity index is 1.95. The lowest BCUT2D eigenvalue weighted by Crippen LogP contribution is -2.32. The molecule has 1 aromatic carbocycles. The van der Waals surface area contributed by atoms with Gasteiger partial charge in [-0.3, -0.25) is 9.59 Å². The van der Waals surface area contributed by atoms with Crippen LogP contribution in [0.3, 0.4) is 0 Å². The molecule has 1 aliphatic heterocycles. The Morgan fingerprint density at radius 2 is 1.80 bits per heavy atom. The van der Waals surface area contributed by atoms with E-state index in [1.165, 1.54) is 0 Å². The molecular formula is C16H11NO3. The SMILES string of the molecule is CC1ON=C2C3=C(C=CC21)C(=O)c1ccccc1C3=O. The zero-order valence-electron chi connectivity index (χ0n) is 10.8. The molecule has 2 unspecified atom stereocenters. The second kappa shape index (κ2) is 3.76. The molecule has 2 aliphatic carbocycles. The molecule has 0 saturated heterocycles. The van der Waals surface area contributed by atoms with Crippen LogP contribution in [0, 0.1) is 5.92 Å². The first-order valence-corrected chi connectivity index (χ1v) is 6.53. The van der Waals surface area contributed by atoms with Gasteiger partial charge < -0.3 is 4.84 Å². The molecule has 0 bridgehead atoms. The van der Waals surface area contributed by atoms with Gasteiger partial charge >= 0.3 is 0 Å². The molecule has 1 aromatic rings. The van der Waals surface area contributed by atoms with E-state index < -0.39 is 0 Å². The van der Waals surface area contributed by atoms with Crippen LogP contribution < -0.4 is 0 Å². The van der Waals surface area contributed by atoms with Crippen molar-refractivity contribution < 1.29 is 14.4 Å². The maximum absolute atomic E-state index is 12.7. The number of nitrogens with zero attached hydrogens (tertiary/aromatic N) is 1. The van der Waals surface area contributed by atoms with Crippen molar-refractivity contribution in [2.24, 2.45) is 11.1 Å². The van der Waals surface area contributed by atoms with Crippen molar-refractivity contribution in [3.05, 3.63) is 58.7 Å². The number of oxime groups is 1. The second-order valence-electron chi connectivity index (χ2n) is 5.16. The number of fused-ring (bicyclic) bond motifs is 3. The first kappa shape index (κ1) is 11.3. The Hall–Kier alpha value is -2.49. The predicted octanol–water partition coefficient (Wildman–Crippen LogP) is 2.32. The number of benzene rings is 1. The molecule has 0 spiro atoms. The monoisotopic (exact) mass is 265 g/mol. The summed E-state index contributed by atoms with van der Waals surface area (Å²) in [6.45, 7) is 1.90. The summed E-state index contributed by atoms with van der Waals surface area (Å²) in [4.78, 5) is 30.4. The number of rotatable bonds is 0. The zero-order valence-corrected chi connectivity index (χ0v) is 10.8. The fourth-order valence-electron chi connectivity index (χ4n) is 2.96. The van der Waals surface area contributed by atoms with Gasteiger partial charge in [-0.05, 0) is 6.92 Å². The van der Waals surface area contributed by atoms with Crippen LogP contribution in [0.2, 0.25) is 0 Å². The molecule has 4 rings (SSSR count). The predicted molar refractivity (Wildman–Crippen MR) is 72.7 cm³/mol. The summed E-state index contributed by atoms with van der Waals surface area (Å²) in [6, 6.07) is 6.91. The summed E-state index contributed by atoms with van der Waals surface area (Å²) < 4.78 is 0. The van der Waals surface area contributed by atoms with Crippen molar-refractivity contribution in [3.63, 3.8) is 0 Å². The first-order chi connectivity index (χ1) is 9.68. The molecule has 0 N–H and O–H groups in total. The summed E-state index contributed by atoms with van der Waals surface area (Å²) in [5.41, 5.74) is 2.34. The van der Waals surface area contributed by atoms with Crippen LogP contribution in [-0.2, 0) is 4.84 Å². The lowest BCUT2D eigenvalue weighted by Gasteiger charge is -2.24. The van der Waals surface area contributed by atoms with Crippen molar-refractivity contribution in [2.45, 2.75) is 13.0 Å². The van der Waals surface area contributed by atoms with Crippen molar-refractivity contribution in [3.8, 4) is 0 Å². The second-order valence-corrected chi connectivity index (χ2v) is 5.16. The van der Waals surface area contributed by atoms with Gasteiger partial charge in [-0.2, -0.15) is 0 Å². The van der Waals surface area contributed by atoms with Gasteiger partial charge in [0.25, 0.3) is 0 Å². The smallest absolute Gasteiger partial charge is 0.196 e. The molecule has 4 nitrogen and oxygen atoms in total. The van der Waals surface area contributed by atoms with Gasteiger partial charge in [-0.1, -0.05) is 41.6 Å². The standard InChI is InChI=1S/C16H11NO3/c1-8-9-6-7-12-13(14(9)17-20-8)16(19)11-5-3-2-4-10(11)15(12)18/h2-9H,1H3. The number of Topliss-reactive ketones (excluding diaryl/α,β-unsaturated/α-hetero) is 2. The van der Waals surface area contributed by atoms with Crippen LogP contribution in [0.5, 0.6) is 0 Å². The Morgan fingerprint density at radius 1 is 1.10 bits per heavy atom. The molecule has 1 heterocycles. The number of allylic oxidation sites excluding steroid dienone is 3. The number of hydrogen-bond acceptors (Lipinski definition) is 4. The molecule has 0 amide bonds. The molecule has 0 aromatic heterocycles. The van der Waals surface area contributed by atoms with E-state index in [0.717, 1.165) is 0 Å².